The summed E-state index contributed by atoms with van der Waals surface area (Å²) < 4.78 is 1.14. The predicted molar refractivity (Wildman–Crippen MR) is 64.8 cm³/mol. The summed E-state index contributed by atoms with van der Waals surface area (Å²) in [4.78, 5) is 0. The van der Waals surface area contributed by atoms with E-state index in [0.717, 1.165) is 22.7 Å². The monoisotopic (exact) mass is 272 g/mol. The predicted octanol–water partition coefficient (Wildman–Crippen LogP) is 4.26. The quantitative estimate of drug-likeness (QED) is 0.722. The van der Waals surface area contributed by atoms with Gasteiger partial charge >= 0.3 is 0 Å². The minimum Gasteiger partial charge on any atom is -0.122 e. The summed E-state index contributed by atoms with van der Waals surface area (Å²) in [6.45, 7) is 2.28. The van der Waals surface area contributed by atoms with Crippen molar-refractivity contribution in [2.24, 2.45) is 11.8 Å². The lowest BCUT2D eigenvalue weighted by Gasteiger charge is -2.08. The summed E-state index contributed by atoms with van der Waals surface area (Å²) in [6.07, 6.45) is 2.30. The average molecular weight is 274 g/mol. The third-order valence-electron chi connectivity index (χ3n) is 2.96. The maximum absolute atomic E-state index is 6.34. The van der Waals surface area contributed by atoms with Crippen LogP contribution in [0.5, 0.6) is 0 Å². The van der Waals surface area contributed by atoms with Crippen LogP contribution in [0.15, 0.2) is 28.7 Å². The first-order valence-electron chi connectivity index (χ1n) is 5.05. The van der Waals surface area contributed by atoms with Crippen LogP contribution in [-0.4, -0.2) is 5.38 Å². The number of hydrogen-bond acceptors (Lipinski definition) is 0. The zero-order chi connectivity index (χ0) is 10.1. The molecule has 2 heteroatoms. The fourth-order valence-corrected chi connectivity index (χ4v) is 2.87. The number of hydrogen-bond donors (Lipinski definition) is 0. The third kappa shape index (κ3) is 2.52. The molecule has 76 valence electrons. The van der Waals surface area contributed by atoms with E-state index in [-0.39, 0.29) is 0 Å². The molecule has 0 radical (unpaired) electrons. The van der Waals surface area contributed by atoms with Crippen LogP contribution in [-0.2, 0) is 6.42 Å². The van der Waals surface area contributed by atoms with Crippen LogP contribution in [0.3, 0.4) is 0 Å². The summed E-state index contributed by atoms with van der Waals surface area (Å²) in [7, 11) is 0. The second kappa shape index (κ2) is 4.24. The van der Waals surface area contributed by atoms with Crippen molar-refractivity contribution in [2.75, 3.05) is 0 Å². The van der Waals surface area contributed by atoms with Gasteiger partial charge in [-0.05, 0) is 42.4 Å². The van der Waals surface area contributed by atoms with Crippen LogP contribution in [0.25, 0.3) is 0 Å². The SMILES string of the molecule is CC1CC1C(Cl)Cc1cccc(Br)c1. The van der Waals surface area contributed by atoms with Gasteiger partial charge in [-0.3, -0.25) is 0 Å². The van der Waals surface area contributed by atoms with Crippen molar-refractivity contribution in [3.8, 4) is 0 Å². The molecule has 1 aromatic carbocycles. The molecule has 0 aliphatic heterocycles. The largest absolute Gasteiger partial charge is 0.122 e. The molecule has 0 amide bonds. The topological polar surface area (TPSA) is 0 Å². The van der Waals surface area contributed by atoms with E-state index in [9.17, 15) is 0 Å². The van der Waals surface area contributed by atoms with Crippen LogP contribution in [0.1, 0.15) is 18.9 Å². The molecule has 0 spiro atoms. The molecule has 0 N–H and O–H groups in total. The molecule has 1 aliphatic rings. The fraction of sp³-hybridized carbons (Fsp3) is 0.500. The summed E-state index contributed by atoms with van der Waals surface area (Å²) in [5, 5.41) is 0.319. The molecule has 2 rings (SSSR count). The van der Waals surface area contributed by atoms with Gasteiger partial charge in [0, 0.05) is 9.85 Å². The van der Waals surface area contributed by atoms with Crippen molar-refractivity contribution in [2.45, 2.75) is 25.1 Å². The highest BCUT2D eigenvalue weighted by Crippen LogP contribution is 2.43. The summed E-state index contributed by atoms with van der Waals surface area (Å²) in [6, 6.07) is 8.42. The van der Waals surface area contributed by atoms with Gasteiger partial charge in [-0.25, -0.2) is 0 Å². The van der Waals surface area contributed by atoms with E-state index in [1.54, 1.807) is 0 Å². The number of alkyl halides is 1. The van der Waals surface area contributed by atoms with Gasteiger partial charge in [-0.1, -0.05) is 35.0 Å². The summed E-state index contributed by atoms with van der Waals surface area (Å²) in [5.41, 5.74) is 1.33. The second-order valence-corrected chi connectivity index (χ2v) is 5.70. The molecule has 1 aromatic rings. The lowest BCUT2D eigenvalue weighted by Crippen LogP contribution is -2.06. The van der Waals surface area contributed by atoms with Gasteiger partial charge in [0.15, 0.2) is 0 Å². The average Bonchev–Trinajstić information content (AvgIpc) is 2.82. The highest BCUT2D eigenvalue weighted by molar-refractivity contribution is 9.10. The van der Waals surface area contributed by atoms with Crippen molar-refractivity contribution in [1.82, 2.24) is 0 Å². The first kappa shape index (κ1) is 10.5. The number of rotatable bonds is 3. The van der Waals surface area contributed by atoms with E-state index >= 15 is 0 Å². The first-order chi connectivity index (χ1) is 6.66. The summed E-state index contributed by atoms with van der Waals surface area (Å²) >= 11 is 9.82. The van der Waals surface area contributed by atoms with Crippen LogP contribution in [0.2, 0.25) is 0 Å². The maximum Gasteiger partial charge on any atom is 0.0407 e. The fourth-order valence-electron chi connectivity index (χ4n) is 1.90. The van der Waals surface area contributed by atoms with Gasteiger partial charge < -0.3 is 0 Å². The minimum atomic E-state index is 0.319. The smallest absolute Gasteiger partial charge is 0.0407 e. The number of halogens is 2. The molecule has 1 aliphatic carbocycles. The van der Waals surface area contributed by atoms with Crippen molar-refractivity contribution >= 4 is 27.5 Å². The molecule has 3 unspecified atom stereocenters. The van der Waals surface area contributed by atoms with Crippen molar-refractivity contribution in [3.63, 3.8) is 0 Å². The van der Waals surface area contributed by atoms with E-state index < -0.39 is 0 Å². The van der Waals surface area contributed by atoms with E-state index in [1.807, 2.05) is 6.07 Å². The van der Waals surface area contributed by atoms with Crippen LogP contribution in [0.4, 0.5) is 0 Å². The third-order valence-corrected chi connectivity index (χ3v) is 3.93. The molecule has 14 heavy (non-hydrogen) atoms. The zero-order valence-electron chi connectivity index (χ0n) is 8.21. The molecular formula is C12H14BrCl. The molecule has 0 nitrogen and oxygen atoms in total. The Labute approximate surface area is 98.8 Å². The van der Waals surface area contributed by atoms with Gasteiger partial charge in [0.2, 0.25) is 0 Å². The van der Waals surface area contributed by atoms with E-state index in [0.29, 0.717) is 5.38 Å². The lowest BCUT2D eigenvalue weighted by atomic mass is 10.1. The standard InChI is InChI=1S/C12H14BrCl/c1-8-5-11(8)12(14)7-9-3-2-4-10(13)6-9/h2-4,6,8,11-12H,5,7H2,1H3. The highest BCUT2D eigenvalue weighted by atomic mass is 79.9. The second-order valence-electron chi connectivity index (χ2n) is 4.23. The van der Waals surface area contributed by atoms with Crippen LogP contribution in [0, 0.1) is 11.8 Å². The first-order valence-corrected chi connectivity index (χ1v) is 6.28. The molecule has 3 atom stereocenters. The van der Waals surface area contributed by atoms with Crippen molar-refractivity contribution in [3.05, 3.63) is 34.3 Å². The Morgan fingerprint density at radius 3 is 2.86 bits per heavy atom. The molecule has 0 aromatic heterocycles. The Balaban J connectivity index is 1.96. The Bertz CT molecular complexity index is 324. The normalized spacial score (nSPS) is 27.4. The van der Waals surface area contributed by atoms with Crippen molar-refractivity contribution in [1.29, 1.82) is 0 Å². The van der Waals surface area contributed by atoms with Gasteiger partial charge in [-0.2, -0.15) is 0 Å². The van der Waals surface area contributed by atoms with Gasteiger partial charge in [0.05, 0.1) is 0 Å². The Morgan fingerprint density at radius 2 is 2.29 bits per heavy atom. The van der Waals surface area contributed by atoms with Gasteiger partial charge in [-0.15, -0.1) is 11.6 Å². The molecule has 0 saturated heterocycles. The van der Waals surface area contributed by atoms with E-state index in [1.165, 1.54) is 12.0 Å². The van der Waals surface area contributed by atoms with Gasteiger partial charge in [0.1, 0.15) is 0 Å². The Morgan fingerprint density at radius 1 is 1.57 bits per heavy atom. The lowest BCUT2D eigenvalue weighted by molar-refractivity contribution is 0.683. The summed E-state index contributed by atoms with van der Waals surface area (Å²) in [5.74, 6) is 1.58. The minimum absolute atomic E-state index is 0.319. The van der Waals surface area contributed by atoms with Gasteiger partial charge in [0.25, 0.3) is 0 Å². The molecule has 0 heterocycles. The Kier molecular flexibility index (Phi) is 3.18. The van der Waals surface area contributed by atoms with Crippen LogP contribution >= 0.6 is 27.5 Å². The van der Waals surface area contributed by atoms with Crippen molar-refractivity contribution < 1.29 is 0 Å². The molecule has 1 saturated carbocycles. The Hall–Kier alpha value is -0.0100. The van der Waals surface area contributed by atoms with E-state index in [2.05, 4.69) is 41.1 Å². The zero-order valence-corrected chi connectivity index (χ0v) is 10.6. The number of benzene rings is 1. The molecule has 0 bridgehead atoms. The molecule has 1 fully saturated rings. The maximum atomic E-state index is 6.34. The molecular weight excluding hydrogens is 259 g/mol. The van der Waals surface area contributed by atoms with Crippen LogP contribution < -0.4 is 0 Å². The highest BCUT2D eigenvalue weighted by Gasteiger charge is 2.38. The van der Waals surface area contributed by atoms with E-state index in [4.69, 9.17) is 11.6 Å².